The normalized spacial score (nSPS) is 18.9. The fraction of sp³-hybridized carbons (Fsp3) is 0.333. The molecule has 1 atom stereocenters. The number of piperazine rings is 1. The molecule has 2 N–H and O–H groups in total. The zero-order valence-electron chi connectivity index (χ0n) is 10.9. The number of aromatic nitrogens is 1. The van der Waals surface area contributed by atoms with Gasteiger partial charge < -0.3 is 15.3 Å². The Bertz CT molecular complexity index is 716. The summed E-state index contributed by atoms with van der Waals surface area (Å²) in [6, 6.07) is 3.93. The maximum absolute atomic E-state index is 11.0. The molecule has 8 nitrogen and oxygen atoms in total. The van der Waals surface area contributed by atoms with Crippen LogP contribution < -0.4 is 10.2 Å². The minimum absolute atomic E-state index is 0.00285. The Hall–Kier alpha value is -2.26. The van der Waals surface area contributed by atoms with Gasteiger partial charge in [-0.25, -0.2) is 4.98 Å². The number of nitro groups is 1. The summed E-state index contributed by atoms with van der Waals surface area (Å²) in [5.41, 5.74) is 0.567. The lowest BCUT2D eigenvalue weighted by Gasteiger charge is -2.31. The van der Waals surface area contributed by atoms with Gasteiger partial charge in [-0.2, -0.15) is 0 Å². The highest BCUT2D eigenvalue weighted by Crippen LogP contribution is 2.31. The van der Waals surface area contributed by atoms with Gasteiger partial charge in [-0.15, -0.1) is 0 Å². The molecule has 2 aromatic rings. The van der Waals surface area contributed by atoms with Crippen LogP contribution >= 0.6 is 11.3 Å². The van der Waals surface area contributed by atoms with Gasteiger partial charge in [0.05, 0.1) is 15.1 Å². The molecular formula is C12H12N4O4S. The molecule has 1 saturated heterocycles. The van der Waals surface area contributed by atoms with E-state index >= 15 is 0 Å². The smallest absolute Gasteiger partial charge is 0.322 e. The summed E-state index contributed by atoms with van der Waals surface area (Å²) in [5, 5.41) is 23.4. The zero-order chi connectivity index (χ0) is 15.0. The summed E-state index contributed by atoms with van der Waals surface area (Å²) in [6.07, 6.45) is 0. The van der Waals surface area contributed by atoms with Gasteiger partial charge in [0.2, 0.25) is 0 Å². The Labute approximate surface area is 123 Å². The summed E-state index contributed by atoms with van der Waals surface area (Å²) in [5.74, 6) is -0.892. The topological polar surface area (TPSA) is 109 Å². The van der Waals surface area contributed by atoms with Gasteiger partial charge >= 0.3 is 5.97 Å². The van der Waals surface area contributed by atoms with Crippen LogP contribution in [0.2, 0.25) is 0 Å². The van der Waals surface area contributed by atoms with Crippen LogP contribution in [0.15, 0.2) is 18.2 Å². The van der Waals surface area contributed by atoms with Crippen LogP contribution in [0, 0.1) is 10.1 Å². The van der Waals surface area contributed by atoms with E-state index in [1.54, 1.807) is 6.07 Å². The van der Waals surface area contributed by atoms with E-state index in [-0.39, 0.29) is 5.69 Å². The second-order valence-corrected chi connectivity index (χ2v) is 5.71. The van der Waals surface area contributed by atoms with Crippen molar-refractivity contribution >= 4 is 38.3 Å². The Balaban J connectivity index is 1.90. The number of thiazole rings is 1. The van der Waals surface area contributed by atoms with Crippen molar-refractivity contribution in [3.05, 3.63) is 28.3 Å². The predicted molar refractivity (Wildman–Crippen MR) is 77.9 cm³/mol. The van der Waals surface area contributed by atoms with Crippen molar-refractivity contribution in [2.75, 3.05) is 24.5 Å². The van der Waals surface area contributed by atoms with Crippen molar-refractivity contribution in [3.8, 4) is 0 Å². The van der Waals surface area contributed by atoms with Crippen LogP contribution in [0.25, 0.3) is 10.2 Å². The standard InChI is InChI=1S/C12H12N4O4S/c17-11(18)9-6-15(4-3-13-9)12-14-8-5-7(16(19)20)1-2-10(8)21-12/h1-2,5,9,13H,3-4,6H2,(H,17,18)/t9-/m0/s1. The number of anilines is 1. The number of carboxylic acid groups (broad SMARTS) is 1. The van der Waals surface area contributed by atoms with Crippen molar-refractivity contribution in [2.45, 2.75) is 6.04 Å². The van der Waals surface area contributed by atoms with Gasteiger partial charge in [-0.1, -0.05) is 11.3 Å². The van der Waals surface area contributed by atoms with Crippen molar-refractivity contribution in [1.29, 1.82) is 0 Å². The molecule has 0 radical (unpaired) electrons. The Morgan fingerprint density at radius 3 is 3.10 bits per heavy atom. The highest BCUT2D eigenvalue weighted by atomic mass is 32.1. The first-order valence-corrected chi connectivity index (χ1v) is 7.12. The third-order valence-electron chi connectivity index (χ3n) is 3.31. The second-order valence-electron chi connectivity index (χ2n) is 4.70. The van der Waals surface area contributed by atoms with E-state index < -0.39 is 16.9 Å². The van der Waals surface area contributed by atoms with Crippen LogP contribution in [-0.2, 0) is 4.79 Å². The number of hydrogen-bond donors (Lipinski definition) is 2. The molecule has 0 amide bonds. The van der Waals surface area contributed by atoms with E-state index in [1.807, 2.05) is 4.90 Å². The maximum atomic E-state index is 11.0. The molecule has 1 aromatic carbocycles. The predicted octanol–water partition coefficient (Wildman–Crippen LogP) is 1.07. The van der Waals surface area contributed by atoms with E-state index in [1.165, 1.54) is 23.5 Å². The molecule has 0 spiro atoms. The average molecular weight is 308 g/mol. The number of rotatable bonds is 3. The zero-order valence-corrected chi connectivity index (χ0v) is 11.7. The Kier molecular flexibility index (Phi) is 3.43. The minimum Gasteiger partial charge on any atom is -0.480 e. The van der Waals surface area contributed by atoms with Crippen molar-refractivity contribution < 1.29 is 14.8 Å². The minimum atomic E-state index is -0.892. The molecule has 0 bridgehead atoms. The van der Waals surface area contributed by atoms with Gasteiger partial charge in [0.15, 0.2) is 5.13 Å². The molecule has 3 rings (SSSR count). The highest BCUT2D eigenvalue weighted by molar-refractivity contribution is 7.22. The number of hydrogen-bond acceptors (Lipinski definition) is 7. The van der Waals surface area contributed by atoms with Crippen LogP contribution in [0.4, 0.5) is 10.8 Å². The van der Waals surface area contributed by atoms with E-state index in [9.17, 15) is 14.9 Å². The molecule has 1 aliphatic rings. The number of benzene rings is 1. The monoisotopic (exact) mass is 308 g/mol. The average Bonchev–Trinajstić information content (AvgIpc) is 2.90. The third-order valence-corrected chi connectivity index (χ3v) is 4.41. The quantitative estimate of drug-likeness (QED) is 0.644. The first-order chi connectivity index (χ1) is 10.0. The second kappa shape index (κ2) is 5.26. The molecule has 0 aliphatic carbocycles. The third kappa shape index (κ3) is 2.65. The van der Waals surface area contributed by atoms with Crippen molar-refractivity contribution in [1.82, 2.24) is 10.3 Å². The largest absolute Gasteiger partial charge is 0.480 e. The molecule has 110 valence electrons. The van der Waals surface area contributed by atoms with Crippen LogP contribution in [0.3, 0.4) is 0 Å². The van der Waals surface area contributed by atoms with Crippen LogP contribution in [0.1, 0.15) is 0 Å². The fourth-order valence-corrected chi connectivity index (χ4v) is 3.22. The van der Waals surface area contributed by atoms with Gasteiger partial charge in [0.1, 0.15) is 6.04 Å². The number of carbonyl (C=O) groups is 1. The number of nitrogens with one attached hydrogen (secondary N) is 1. The van der Waals surface area contributed by atoms with E-state index in [0.717, 1.165) is 4.70 Å². The Morgan fingerprint density at radius 2 is 2.38 bits per heavy atom. The molecular weight excluding hydrogens is 296 g/mol. The molecule has 1 aliphatic heterocycles. The summed E-state index contributed by atoms with van der Waals surface area (Å²) < 4.78 is 0.848. The Morgan fingerprint density at radius 1 is 1.57 bits per heavy atom. The molecule has 21 heavy (non-hydrogen) atoms. The number of nitrogens with zero attached hydrogens (tertiary/aromatic N) is 3. The lowest BCUT2D eigenvalue weighted by atomic mass is 10.2. The first kappa shape index (κ1) is 13.7. The lowest BCUT2D eigenvalue weighted by Crippen LogP contribution is -2.54. The van der Waals surface area contributed by atoms with Gasteiger partial charge in [0.25, 0.3) is 5.69 Å². The SMILES string of the molecule is O=C(O)[C@@H]1CN(c2nc3cc([N+](=O)[O-])ccc3s2)CCN1. The number of aliphatic carboxylic acids is 1. The molecule has 0 saturated carbocycles. The first-order valence-electron chi connectivity index (χ1n) is 6.31. The van der Waals surface area contributed by atoms with Gasteiger partial charge in [0, 0.05) is 31.8 Å². The number of fused-ring (bicyclic) bond motifs is 1. The molecule has 0 unspecified atom stereocenters. The number of nitro benzene ring substituents is 1. The number of carboxylic acids is 1. The number of non-ortho nitro benzene ring substituents is 1. The van der Waals surface area contributed by atoms with Crippen LogP contribution in [-0.4, -0.2) is 46.7 Å². The lowest BCUT2D eigenvalue weighted by molar-refractivity contribution is -0.384. The summed E-state index contributed by atoms with van der Waals surface area (Å²) in [6.45, 7) is 1.55. The van der Waals surface area contributed by atoms with Crippen molar-refractivity contribution in [2.24, 2.45) is 0 Å². The molecule has 1 fully saturated rings. The van der Waals surface area contributed by atoms with E-state index in [4.69, 9.17) is 5.11 Å². The fourth-order valence-electron chi connectivity index (χ4n) is 2.24. The van der Waals surface area contributed by atoms with E-state index in [0.29, 0.717) is 30.3 Å². The van der Waals surface area contributed by atoms with E-state index in [2.05, 4.69) is 10.3 Å². The molecule has 9 heteroatoms. The summed E-state index contributed by atoms with van der Waals surface area (Å²) >= 11 is 1.41. The van der Waals surface area contributed by atoms with Gasteiger partial charge in [-0.3, -0.25) is 14.9 Å². The summed E-state index contributed by atoms with van der Waals surface area (Å²) in [7, 11) is 0. The molecule has 2 heterocycles. The van der Waals surface area contributed by atoms with Crippen molar-refractivity contribution in [3.63, 3.8) is 0 Å². The maximum Gasteiger partial charge on any atom is 0.322 e. The highest BCUT2D eigenvalue weighted by Gasteiger charge is 2.26. The summed E-state index contributed by atoms with van der Waals surface area (Å²) in [4.78, 5) is 27.6. The van der Waals surface area contributed by atoms with Crippen LogP contribution in [0.5, 0.6) is 0 Å². The molecule has 1 aromatic heterocycles. The van der Waals surface area contributed by atoms with Gasteiger partial charge in [-0.05, 0) is 6.07 Å².